The number of imide groups is 1. The van der Waals surface area contributed by atoms with Gasteiger partial charge in [-0.15, -0.1) is 0 Å². The highest BCUT2D eigenvalue weighted by Gasteiger charge is 2.45. The smallest absolute Gasteiger partial charge is 0.408 e. The molecule has 0 saturated heterocycles. The Morgan fingerprint density at radius 1 is 0.900 bits per heavy atom. The minimum absolute atomic E-state index is 0.187. The summed E-state index contributed by atoms with van der Waals surface area (Å²) >= 11 is 0. The molecule has 8 nitrogen and oxygen atoms in total. The van der Waals surface area contributed by atoms with Gasteiger partial charge in [-0.2, -0.15) is 0 Å². The van der Waals surface area contributed by atoms with Gasteiger partial charge in [0.2, 0.25) is 0 Å². The predicted octanol–water partition coefficient (Wildman–Crippen LogP) is 6.33. The lowest BCUT2D eigenvalue weighted by molar-refractivity contribution is -0.154. The number of hydrogen-bond donors (Lipinski definition) is 1. The van der Waals surface area contributed by atoms with Crippen LogP contribution in [0.5, 0.6) is 0 Å². The number of ether oxygens (including phenoxy) is 2. The third-order valence-electron chi connectivity index (χ3n) is 6.96. The van der Waals surface area contributed by atoms with Gasteiger partial charge < -0.3 is 14.8 Å². The summed E-state index contributed by atoms with van der Waals surface area (Å²) in [6.07, 6.45) is -2.22. The Labute approximate surface area is 239 Å². The average Bonchev–Trinajstić information content (AvgIpc) is 3.20. The molecule has 1 atom stereocenters. The second-order valence-electron chi connectivity index (χ2n) is 10.8. The number of benzene rings is 2. The van der Waals surface area contributed by atoms with E-state index in [0.29, 0.717) is 24.8 Å². The Hall–Kier alpha value is -3.94. The second kappa shape index (κ2) is 12.5. The van der Waals surface area contributed by atoms with E-state index in [4.69, 9.17) is 12.2 Å². The molecule has 0 fully saturated rings. The first-order chi connectivity index (χ1) is 19.6. The van der Waals surface area contributed by atoms with Gasteiger partial charge in [-0.25, -0.2) is 9.69 Å². The van der Waals surface area contributed by atoms with Crippen LogP contribution in [0.4, 0.5) is 10.5 Å². The Morgan fingerprint density at radius 3 is 2.00 bits per heavy atom. The van der Waals surface area contributed by atoms with Crippen LogP contribution in [0.1, 0.15) is 87.1 Å². The topological polar surface area (TPSA) is 102 Å². The molecular formula is C32H40N2O6. The quantitative estimate of drug-likeness (QED) is 0.274. The van der Waals surface area contributed by atoms with Gasteiger partial charge in [-0.3, -0.25) is 14.4 Å². The second-order valence-corrected chi connectivity index (χ2v) is 10.8. The molecule has 1 heterocycles. The minimum atomic E-state index is -3.03. The van der Waals surface area contributed by atoms with Gasteiger partial charge in [0.15, 0.2) is 0 Å². The molecule has 2 aromatic carbocycles. The van der Waals surface area contributed by atoms with Crippen LogP contribution in [0.2, 0.25) is 0 Å². The number of aryl methyl sites for hydroxylation is 1. The normalized spacial score (nSPS) is 15.9. The zero-order chi connectivity index (χ0) is 31.5. The van der Waals surface area contributed by atoms with Gasteiger partial charge in [0.25, 0.3) is 11.8 Å². The number of esters is 1. The van der Waals surface area contributed by atoms with E-state index in [1.54, 1.807) is 63.2 Å². The average molecular weight is 551 g/mol. The summed E-state index contributed by atoms with van der Waals surface area (Å²) in [5.74, 6) is -3.22. The van der Waals surface area contributed by atoms with Crippen molar-refractivity contribution in [1.29, 1.82) is 0 Å². The third kappa shape index (κ3) is 6.97. The van der Waals surface area contributed by atoms with E-state index in [0.717, 1.165) is 10.5 Å². The number of nitrogens with zero attached hydrogens (tertiary/aromatic N) is 1. The van der Waals surface area contributed by atoms with Crippen molar-refractivity contribution in [2.45, 2.75) is 91.3 Å². The molecule has 214 valence electrons. The van der Waals surface area contributed by atoms with E-state index in [9.17, 15) is 19.2 Å². The first kappa shape index (κ1) is 27.6. The molecule has 0 bridgehead atoms. The van der Waals surface area contributed by atoms with Crippen LogP contribution in [0.15, 0.2) is 65.7 Å². The fraction of sp³-hybridized carbons (Fsp3) is 0.438. The number of carbonyl (C=O) groups excluding carboxylic acids is 4. The highest BCUT2D eigenvalue weighted by molar-refractivity contribution is 6.34. The van der Waals surface area contributed by atoms with Crippen LogP contribution in [0, 0.1) is 6.92 Å². The van der Waals surface area contributed by atoms with Crippen molar-refractivity contribution in [3.63, 3.8) is 0 Å². The maximum absolute atomic E-state index is 14.1. The molecule has 3 amide bonds. The highest BCUT2D eigenvalue weighted by Crippen LogP contribution is 2.37. The van der Waals surface area contributed by atoms with E-state index in [1.807, 2.05) is 27.7 Å². The fourth-order valence-electron chi connectivity index (χ4n) is 4.54. The minimum Gasteiger partial charge on any atom is -0.460 e. The van der Waals surface area contributed by atoms with Gasteiger partial charge in [0, 0.05) is 8.31 Å². The zero-order valence-electron chi connectivity index (χ0n) is 26.3. The Balaban J connectivity index is 2.26. The number of amides is 3. The molecule has 0 unspecified atom stereocenters. The molecule has 0 saturated carbocycles. The summed E-state index contributed by atoms with van der Waals surface area (Å²) in [4.78, 5) is 55.5. The lowest BCUT2D eigenvalue weighted by atomic mass is 9.93. The first-order valence-corrected chi connectivity index (χ1v) is 13.6. The van der Waals surface area contributed by atoms with Crippen molar-refractivity contribution in [1.82, 2.24) is 5.32 Å². The van der Waals surface area contributed by atoms with Crippen molar-refractivity contribution >= 4 is 29.6 Å². The van der Waals surface area contributed by atoms with Crippen molar-refractivity contribution < 1.29 is 31.4 Å². The number of anilines is 1. The van der Waals surface area contributed by atoms with Gasteiger partial charge in [-0.05, 0) is 64.7 Å². The van der Waals surface area contributed by atoms with E-state index in [2.05, 4.69) is 5.32 Å². The Bertz CT molecular complexity index is 1350. The number of para-hydroxylation sites is 1. The Morgan fingerprint density at radius 2 is 1.48 bits per heavy atom. The lowest BCUT2D eigenvalue weighted by Crippen LogP contribution is -2.41. The molecule has 2 aromatic rings. The van der Waals surface area contributed by atoms with E-state index in [1.165, 1.54) is 12.1 Å². The first-order valence-electron chi connectivity index (χ1n) is 14.6. The van der Waals surface area contributed by atoms with Gasteiger partial charge in [0.1, 0.15) is 11.2 Å². The molecule has 1 aliphatic heterocycles. The zero-order valence-corrected chi connectivity index (χ0v) is 24.3. The predicted molar refractivity (Wildman–Crippen MR) is 154 cm³/mol. The summed E-state index contributed by atoms with van der Waals surface area (Å²) in [6.45, 7) is 12.3. The molecule has 40 heavy (non-hydrogen) atoms. The van der Waals surface area contributed by atoms with Gasteiger partial charge >= 0.3 is 12.1 Å². The summed E-state index contributed by atoms with van der Waals surface area (Å²) in [6, 6.07) is 13.6. The number of rotatable bonds is 10. The molecule has 0 aliphatic carbocycles. The molecule has 0 radical (unpaired) electrons. The lowest BCUT2D eigenvalue weighted by Gasteiger charge is -2.31. The maximum atomic E-state index is 14.1. The Kier molecular flexibility index (Phi) is 8.63. The maximum Gasteiger partial charge on any atom is 0.408 e. The fourth-order valence-corrected chi connectivity index (χ4v) is 4.54. The van der Waals surface area contributed by atoms with Crippen LogP contribution in [0.25, 0.3) is 0 Å². The number of hydrogen-bond acceptors (Lipinski definition) is 6. The molecule has 0 spiro atoms. The van der Waals surface area contributed by atoms with Gasteiger partial charge in [0.05, 0.1) is 23.7 Å². The summed E-state index contributed by atoms with van der Waals surface area (Å²) in [5, 5.41) is 2.73. The monoisotopic (exact) mass is 550 g/mol. The molecule has 1 aliphatic rings. The molecule has 8 heteroatoms. The number of alkyl carbamates (subject to hydrolysis) is 1. The molecule has 0 aromatic heterocycles. The summed E-state index contributed by atoms with van der Waals surface area (Å²) < 4.78 is 28.8. The summed E-state index contributed by atoms with van der Waals surface area (Å²) in [5.41, 5.74) is -1.42. The van der Waals surface area contributed by atoms with Crippen LogP contribution in [-0.2, 0) is 23.9 Å². The largest absolute Gasteiger partial charge is 0.460 e. The molecule has 1 N–H and O–H groups in total. The standard InChI is InChI=1S/C32H40N2O6/c1-8-32(9-2,10-3)40-30(38)33-27(22-18-16-21(4)17-19-22)26-24(20-25(35)39-31(5,6)7)28(36)34(29(26)37)23-14-12-11-13-15-23/h11-19,27H,8-10,20H2,1-7H3,(H,33,38)/t27-/m1/s1/i20D2. The van der Waals surface area contributed by atoms with Crippen LogP contribution >= 0.6 is 0 Å². The number of carbonyl (C=O) groups is 4. The van der Waals surface area contributed by atoms with Crippen molar-refractivity contribution in [3.8, 4) is 0 Å². The van der Waals surface area contributed by atoms with Crippen molar-refractivity contribution in [2.24, 2.45) is 0 Å². The van der Waals surface area contributed by atoms with Crippen molar-refractivity contribution in [2.75, 3.05) is 4.90 Å². The third-order valence-corrected chi connectivity index (χ3v) is 6.96. The van der Waals surface area contributed by atoms with Crippen LogP contribution in [-0.4, -0.2) is 35.1 Å². The van der Waals surface area contributed by atoms with Crippen molar-refractivity contribution in [3.05, 3.63) is 76.9 Å². The summed E-state index contributed by atoms with van der Waals surface area (Å²) in [7, 11) is 0. The molecular weight excluding hydrogens is 508 g/mol. The highest BCUT2D eigenvalue weighted by atomic mass is 16.6. The van der Waals surface area contributed by atoms with Crippen LogP contribution < -0.4 is 10.2 Å². The SMILES string of the molecule is [2H]C([2H])(C(=O)OC(C)(C)C)C1=C([C@H](NC(=O)OC(CC)(CC)CC)c2ccc(C)cc2)C(=O)N(c2ccccc2)C1=O. The van der Waals surface area contributed by atoms with E-state index < -0.39 is 53.1 Å². The molecule has 3 rings (SSSR count). The van der Waals surface area contributed by atoms with E-state index in [-0.39, 0.29) is 11.3 Å². The van der Waals surface area contributed by atoms with Gasteiger partial charge in [-0.1, -0.05) is 68.8 Å². The van der Waals surface area contributed by atoms with Crippen LogP contribution in [0.3, 0.4) is 0 Å². The van der Waals surface area contributed by atoms with E-state index >= 15 is 0 Å². The number of nitrogens with one attached hydrogen (secondary N) is 1.